The van der Waals surface area contributed by atoms with Gasteiger partial charge in [0.2, 0.25) is 0 Å². The molecule has 0 bridgehead atoms. The molecule has 0 atom stereocenters. The van der Waals surface area contributed by atoms with Gasteiger partial charge < -0.3 is 5.73 Å². The molecule has 4 nitrogen and oxygen atoms in total. The highest BCUT2D eigenvalue weighted by Gasteiger charge is 2.34. The van der Waals surface area contributed by atoms with Crippen LogP contribution in [0.3, 0.4) is 0 Å². The van der Waals surface area contributed by atoms with Crippen LogP contribution in [0, 0.1) is 0 Å². The number of rotatable bonds is 3. The van der Waals surface area contributed by atoms with E-state index in [-0.39, 0.29) is 16.9 Å². The summed E-state index contributed by atoms with van der Waals surface area (Å²) in [4.78, 5) is 0. The normalized spacial score (nSPS) is 12.7. The van der Waals surface area contributed by atoms with E-state index in [1.165, 1.54) is 12.1 Å². The zero-order valence-electron chi connectivity index (χ0n) is 12.1. The van der Waals surface area contributed by atoms with Crippen LogP contribution in [0.2, 0.25) is 19.6 Å². The topological polar surface area (TPSA) is 56.7 Å². The van der Waals surface area contributed by atoms with Gasteiger partial charge in [0.05, 0.1) is 19.8 Å². The van der Waals surface area contributed by atoms with Crippen molar-refractivity contribution in [3.63, 3.8) is 0 Å². The predicted octanol–water partition coefficient (Wildman–Crippen LogP) is 3.42. The first-order valence-corrected chi connectivity index (χ1v) is 10.1. The molecule has 2 aromatic rings. The van der Waals surface area contributed by atoms with Crippen molar-refractivity contribution in [1.29, 1.82) is 0 Å². The Morgan fingerprint density at radius 3 is 2.48 bits per heavy atom. The van der Waals surface area contributed by atoms with E-state index in [2.05, 4.69) is 30.0 Å². The first-order valence-electron chi connectivity index (χ1n) is 6.43. The van der Waals surface area contributed by atoms with Gasteiger partial charge in [-0.15, -0.1) is 5.10 Å². The molecule has 0 saturated heterocycles. The molecule has 0 aliphatic carbocycles. The fourth-order valence-corrected chi connectivity index (χ4v) is 3.13. The standard InChI is InChI=1S/C13H17F3N4Si/c1-21(2,3)8-20-7-12(18-19-20)10-5-4-9(17)6-11(10)13(14,15)16/h4-7H,8,17H2,1-3H3. The van der Waals surface area contributed by atoms with Crippen LogP contribution >= 0.6 is 0 Å². The average molecular weight is 314 g/mol. The highest BCUT2D eigenvalue weighted by atomic mass is 28.3. The summed E-state index contributed by atoms with van der Waals surface area (Å²) in [5, 5.41) is 7.80. The van der Waals surface area contributed by atoms with E-state index in [9.17, 15) is 13.2 Å². The highest BCUT2D eigenvalue weighted by molar-refractivity contribution is 6.74. The van der Waals surface area contributed by atoms with E-state index < -0.39 is 19.8 Å². The predicted molar refractivity (Wildman–Crippen MR) is 78.2 cm³/mol. The number of alkyl halides is 3. The minimum atomic E-state index is -4.48. The van der Waals surface area contributed by atoms with Crippen molar-refractivity contribution in [1.82, 2.24) is 15.0 Å². The number of hydrogen-bond donors (Lipinski definition) is 1. The fraction of sp³-hybridized carbons (Fsp3) is 0.385. The number of benzene rings is 1. The Hall–Kier alpha value is -1.83. The molecule has 2 rings (SSSR count). The Morgan fingerprint density at radius 1 is 1.24 bits per heavy atom. The number of nitrogens with two attached hydrogens (primary N) is 1. The monoisotopic (exact) mass is 314 g/mol. The molecule has 8 heteroatoms. The molecule has 0 unspecified atom stereocenters. The quantitative estimate of drug-likeness (QED) is 0.697. The summed E-state index contributed by atoms with van der Waals surface area (Å²) >= 11 is 0. The summed E-state index contributed by atoms with van der Waals surface area (Å²) in [5.41, 5.74) is 4.94. The number of anilines is 1. The largest absolute Gasteiger partial charge is 0.417 e. The summed E-state index contributed by atoms with van der Waals surface area (Å²) < 4.78 is 40.9. The molecule has 114 valence electrons. The zero-order valence-corrected chi connectivity index (χ0v) is 13.1. The molecule has 0 fully saturated rings. The Balaban J connectivity index is 2.43. The molecule has 0 aliphatic rings. The van der Waals surface area contributed by atoms with Gasteiger partial charge in [-0.2, -0.15) is 13.2 Å². The van der Waals surface area contributed by atoms with E-state index in [1.807, 2.05) is 0 Å². The van der Waals surface area contributed by atoms with E-state index in [1.54, 1.807) is 10.9 Å². The maximum atomic E-state index is 13.1. The van der Waals surface area contributed by atoms with Crippen LogP contribution in [-0.4, -0.2) is 23.1 Å². The van der Waals surface area contributed by atoms with Crippen LogP contribution in [0.25, 0.3) is 11.3 Å². The molecule has 21 heavy (non-hydrogen) atoms. The van der Waals surface area contributed by atoms with Gasteiger partial charge in [0.25, 0.3) is 0 Å². The van der Waals surface area contributed by atoms with E-state index in [0.717, 1.165) is 6.07 Å². The van der Waals surface area contributed by atoms with Gasteiger partial charge in [0, 0.05) is 17.4 Å². The Kier molecular flexibility index (Phi) is 3.83. The molecule has 1 aromatic heterocycles. The van der Waals surface area contributed by atoms with Gasteiger partial charge in [0.1, 0.15) is 5.69 Å². The van der Waals surface area contributed by atoms with Gasteiger partial charge in [-0.1, -0.05) is 30.9 Å². The van der Waals surface area contributed by atoms with E-state index in [4.69, 9.17) is 5.73 Å². The van der Waals surface area contributed by atoms with Crippen molar-refractivity contribution < 1.29 is 13.2 Å². The van der Waals surface area contributed by atoms with Gasteiger partial charge in [-0.25, -0.2) is 0 Å². The second-order valence-electron chi connectivity index (χ2n) is 6.16. The van der Waals surface area contributed by atoms with Crippen molar-refractivity contribution in [3.05, 3.63) is 30.0 Å². The van der Waals surface area contributed by atoms with Crippen LogP contribution in [0.15, 0.2) is 24.4 Å². The molecule has 2 N–H and O–H groups in total. The van der Waals surface area contributed by atoms with Crippen LogP contribution in [0.1, 0.15) is 5.56 Å². The fourth-order valence-electron chi connectivity index (χ4n) is 2.00. The lowest BCUT2D eigenvalue weighted by Gasteiger charge is -2.14. The number of hydrogen-bond acceptors (Lipinski definition) is 3. The molecule has 0 aliphatic heterocycles. The zero-order chi connectivity index (χ0) is 15.8. The van der Waals surface area contributed by atoms with Crippen molar-refractivity contribution in [2.24, 2.45) is 0 Å². The second kappa shape index (κ2) is 5.17. The SMILES string of the molecule is C[Si](C)(C)Cn1cc(-c2ccc(N)cc2C(F)(F)F)nn1. The lowest BCUT2D eigenvalue weighted by atomic mass is 10.0. The average Bonchev–Trinajstić information content (AvgIpc) is 2.73. The molecule has 1 heterocycles. The number of nitrogens with zero attached hydrogens (tertiary/aromatic N) is 3. The number of aromatic nitrogens is 3. The first-order chi connectivity index (χ1) is 9.56. The summed E-state index contributed by atoms with van der Waals surface area (Å²) in [6.45, 7) is 6.45. The second-order valence-corrected chi connectivity index (χ2v) is 11.6. The third kappa shape index (κ3) is 3.84. The van der Waals surface area contributed by atoms with Crippen molar-refractivity contribution in [3.8, 4) is 11.3 Å². The van der Waals surface area contributed by atoms with Crippen molar-refractivity contribution in [2.75, 3.05) is 5.73 Å². The molecular formula is C13H17F3N4Si. The number of nitrogen functional groups attached to an aromatic ring is 1. The van der Waals surface area contributed by atoms with Gasteiger partial charge in [0.15, 0.2) is 0 Å². The third-order valence-electron chi connectivity index (χ3n) is 2.80. The summed E-state index contributed by atoms with van der Waals surface area (Å²) in [5.74, 6) is 0. The molecular weight excluding hydrogens is 297 g/mol. The highest BCUT2D eigenvalue weighted by Crippen LogP contribution is 2.37. The Labute approximate surface area is 121 Å². The minimum absolute atomic E-state index is 0.00136. The number of halogens is 3. The van der Waals surface area contributed by atoms with E-state index >= 15 is 0 Å². The third-order valence-corrected chi connectivity index (χ3v) is 4.07. The van der Waals surface area contributed by atoms with Crippen LogP contribution in [0.4, 0.5) is 18.9 Å². The summed E-state index contributed by atoms with van der Waals surface area (Å²) in [6, 6.07) is 3.69. The van der Waals surface area contributed by atoms with E-state index in [0.29, 0.717) is 6.17 Å². The molecule has 0 amide bonds. The van der Waals surface area contributed by atoms with Crippen LogP contribution < -0.4 is 5.73 Å². The maximum absolute atomic E-state index is 13.1. The van der Waals surface area contributed by atoms with Crippen LogP contribution in [0.5, 0.6) is 0 Å². The molecule has 0 spiro atoms. The van der Waals surface area contributed by atoms with Gasteiger partial charge >= 0.3 is 6.18 Å². The lowest BCUT2D eigenvalue weighted by Crippen LogP contribution is -2.28. The van der Waals surface area contributed by atoms with Crippen LogP contribution in [-0.2, 0) is 12.3 Å². The first kappa shape index (κ1) is 15.6. The maximum Gasteiger partial charge on any atom is 0.417 e. The lowest BCUT2D eigenvalue weighted by molar-refractivity contribution is -0.137. The molecule has 0 saturated carbocycles. The molecule has 1 aromatic carbocycles. The Morgan fingerprint density at radius 2 is 1.90 bits per heavy atom. The minimum Gasteiger partial charge on any atom is -0.399 e. The van der Waals surface area contributed by atoms with Gasteiger partial charge in [-0.05, 0) is 12.1 Å². The Bertz CT molecular complexity index is 644. The smallest absolute Gasteiger partial charge is 0.399 e. The molecule has 0 radical (unpaired) electrons. The van der Waals surface area contributed by atoms with Gasteiger partial charge in [-0.3, -0.25) is 4.68 Å². The van der Waals surface area contributed by atoms with Crippen molar-refractivity contribution >= 4 is 13.8 Å². The van der Waals surface area contributed by atoms with Crippen molar-refractivity contribution in [2.45, 2.75) is 32.0 Å². The summed E-state index contributed by atoms with van der Waals surface area (Å²) in [7, 11) is -1.43. The summed E-state index contributed by atoms with van der Waals surface area (Å²) in [6.07, 6.45) is -2.22.